The molecule has 9 heteroatoms. The van der Waals surface area contributed by atoms with Crippen molar-refractivity contribution in [3.8, 4) is 5.75 Å². The average molecular weight is 462 g/mol. The van der Waals surface area contributed by atoms with Crippen LogP contribution >= 0.6 is 23.2 Å². The van der Waals surface area contributed by atoms with Gasteiger partial charge in [0, 0.05) is 17.5 Å². The van der Waals surface area contributed by atoms with Gasteiger partial charge >= 0.3 is 0 Å². The first-order valence-corrected chi connectivity index (χ1v) is 11.0. The molecule has 1 saturated heterocycles. The van der Waals surface area contributed by atoms with Gasteiger partial charge in [-0.1, -0.05) is 23.2 Å². The number of fused-ring (bicyclic) bond motifs is 2. The number of nitrogens with zero attached hydrogens (tertiary/aromatic N) is 4. The minimum atomic E-state index is -0.616. The van der Waals surface area contributed by atoms with Gasteiger partial charge in [-0.3, -0.25) is 0 Å². The maximum Gasteiger partial charge on any atom is 0.166 e. The fourth-order valence-corrected chi connectivity index (χ4v) is 4.63. The number of halogens is 3. The summed E-state index contributed by atoms with van der Waals surface area (Å²) in [7, 11) is 2.16. The van der Waals surface area contributed by atoms with E-state index in [-0.39, 0.29) is 15.7 Å². The average Bonchev–Trinajstić information content (AvgIpc) is 2.78. The lowest BCUT2D eigenvalue weighted by molar-refractivity contribution is 0.234. The van der Waals surface area contributed by atoms with E-state index >= 15 is 0 Å². The second-order valence-electron chi connectivity index (χ2n) is 7.98. The Morgan fingerprint density at radius 3 is 2.74 bits per heavy atom. The number of rotatable bonds is 3. The molecule has 0 aliphatic carbocycles. The molecule has 0 radical (unpaired) electrons. The van der Waals surface area contributed by atoms with Gasteiger partial charge in [0.15, 0.2) is 5.82 Å². The Bertz CT molecular complexity index is 1140. The standard InChI is InChI=1S/C22H22Cl2FN5O/c1-29-6-4-13(5-7-29)30-8-9-31-19-11-17-14(10-18(19)30)22(27-12-26-17)28-16-3-2-15(23)20(24)21(16)25/h2-3,10-13H,4-9H2,1H3,(H,26,27,28). The van der Waals surface area contributed by atoms with Crippen LogP contribution in [0.25, 0.3) is 10.9 Å². The lowest BCUT2D eigenvalue weighted by atomic mass is 10.0. The molecule has 2 aromatic carbocycles. The quantitative estimate of drug-likeness (QED) is 0.546. The topological polar surface area (TPSA) is 53.5 Å². The van der Waals surface area contributed by atoms with Crippen LogP contribution < -0.4 is 15.0 Å². The molecule has 0 saturated carbocycles. The maximum absolute atomic E-state index is 14.6. The van der Waals surface area contributed by atoms with Crippen molar-refractivity contribution < 1.29 is 9.13 Å². The van der Waals surface area contributed by atoms with Gasteiger partial charge in [-0.25, -0.2) is 14.4 Å². The third kappa shape index (κ3) is 3.86. The predicted octanol–water partition coefficient (Wildman–Crippen LogP) is 5.11. The molecule has 2 aliphatic heterocycles. The third-order valence-electron chi connectivity index (χ3n) is 6.03. The molecule has 31 heavy (non-hydrogen) atoms. The highest BCUT2D eigenvalue weighted by Gasteiger charge is 2.28. The summed E-state index contributed by atoms with van der Waals surface area (Å²) < 4.78 is 20.6. The Kier molecular flexibility index (Phi) is 5.50. The van der Waals surface area contributed by atoms with Crippen molar-refractivity contribution in [3.05, 3.63) is 46.5 Å². The van der Waals surface area contributed by atoms with Crippen LogP contribution in [-0.2, 0) is 0 Å². The molecule has 0 spiro atoms. The third-order valence-corrected chi connectivity index (χ3v) is 6.81. The zero-order chi connectivity index (χ0) is 21.5. The molecular weight excluding hydrogens is 440 g/mol. The van der Waals surface area contributed by atoms with E-state index < -0.39 is 5.82 Å². The van der Waals surface area contributed by atoms with Crippen molar-refractivity contribution in [2.24, 2.45) is 0 Å². The largest absolute Gasteiger partial charge is 0.489 e. The first-order chi connectivity index (χ1) is 15.0. The molecule has 0 amide bonds. The number of nitrogens with one attached hydrogen (secondary N) is 1. The lowest BCUT2D eigenvalue weighted by Crippen LogP contribution is -2.46. The normalized spacial score (nSPS) is 17.5. The van der Waals surface area contributed by atoms with E-state index in [9.17, 15) is 4.39 Å². The number of ether oxygens (including phenoxy) is 1. The molecule has 0 unspecified atom stereocenters. The second kappa shape index (κ2) is 8.30. The van der Waals surface area contributed by atoms with Crippen molar-refractivity contribution in [1.29, 1.82) is 0 Å². The first kappa shape index (κ1) is 20.5. The Hall–Kier alpha value is -2.35. The summed E-state index contributed by atoms with van der Waals surface area (Å²) in [4.78, 5) is 13.6. The van der Waals surface area contributed by atoms with Gasteiger partial charge in [0.05, 0.1) is 33.5 Å². The Morgan fingerprint density at radius 2 is 1.94 bits per heavy atom. The van der Waals surface area contributed by atoms with E-state index in [1.54, 1.807) is 12.1 Å². The van der Waals surface area contributed by atoms with Crippen LogP contribution in [-0.4, -0.2) is 54.2 Å². The zero-order valence-corrected chi connectivity index (χ0v) is 18.5. The van der Waals surface area contributed by atoms with E-state index in [0.29, 0.717) is 18.5 Å². The van der Waals surface area contributed by atoms with Crippen molar-refractivity contribution in [2.75, 3.05) is 43.5 Å². The SMILES string of the molecule is CN1CCC(N2CCOc3cc4ncnc(Nc5ccc(Cl)c(Cl)c5F)c4cc32)CC1. The maximum atomic E-state index is 14.6. The van der Waals surface area contributed by atoms with Crippen LogP contribution in [0.3, 0.4) is 0 Å². The molecular formula is C22H22Cl2FN5O. The highest BCUT2D eigenvalue weighted by atomic mass is 35.5. The second-order valence-corrected chi connectivity index (χ2v) is 8.77. The summed E-state index contributed by atoms with van der Waals surface area (Å²) in [5, 5.41) is 3.89. The predicted molar refractivity (Wildman–Crippen MR) is 123 cm³/mol. The molecule has 6 nitrogen and oxygen atoms in total. The zero-order valence-electron chi connectivity index (χ0n) is 17.0. The van der Waals surface area contributed by atoms with E-state index in [1.807, 2.05) is 12.1 Å². The Labute approximate surface area is 189 Å². The van der Waals surface area contributed by atoms with Gasteiger partial charge in [-0.2, -0.15) is 0 Å². The van der Waals surface area contributed by atoms with Gasteiger partial charge < -0.3 is 19.9 Å². The van der Waals surface area contributed by atoms with Crippen LogP contribution in [0, 0.1) is 5.82 Å². The van der Waals surface area contributed by atoms with E-state index in [0.717, 1.165) is 54.8 Å². The molecule has 5 rings (SSSR count). The monoisotopic (exact) mass is 461 g/mol. The van der Waals surface area contributed by atoms with Crippen molar-refractivity contribution in [2.45, 2.75) is 18.9 Å². The van der Waals surface area contributed by atoms with E-state index in [1.165, 1.54) is 6.33 Å². The summed E-state index contributed by atoms with van der Waals surface area (Å²) >= 11 is 11.9. The number of anilines is 3. The summed E-state index contributed by atoms with van der Waals surface area (Å²) in [6, 6.07) is 7.54. The van der Waals surface area contributed by atoms with Crippen molar-refractivity contribution >= 4 is 51.3 Å². The van der Waals surface area contributed by atoms with Crippen LogP contribution in [0.1, 0.15) is 12.8 Å². The fourth-order valence-electron chi connectivity index (χ4n) is 4.32. The highest BCUT2D eigenvalue weighted by Crippen LogP contribution is 2.40. The van der Waals surface area contributed by atoms with Crippen LogP contribution in [0.4, 0.5) is 21.6 Å². The summed E-state index contributed by atoms with van der Waals surface area (Å²) in [6.45, 7) is 3.65. The summed E-state index contributed by atoms with van der Waals surface area (Å²) in [5.74, 6) is 0.706. The molecule has 3 aromatic rings. The number of benzene rings is 2. The molecule has 1 aromatic heterocycles. The van der Waals surface area contributed by atoms with Crippen LogP contribution in [0.15, 0.2) is 30.6 Å². The summed E-state index contributed by atoms with van der Waals surface area (Å²) in [5.41, 5.74) is 1.96. The van der Waals surface area contributed by atoms with Gasteiger partial charge in [-0.15, -0.1) is 0 Å². The Morgan fingerprint density at radius 1 is 1.13 bits per heavy atom. The number of hydrogen-bond donors (Lipinski definition) is 1. The van der Waals surface area contributed by atoms with E-state index in [2.05, 4.69) is 32.1 Å². The van der Waals surface area contributed by atoms with Crippen LogP contribution in [0.2, 0.25) is 10.0 Å². The lowest BCUT2D eigenvalue weighted by Gasteiger charge is -2.41. The summed E-state index contributed by atoms with van der Waals surface area (Å²) in [6.07, 6.45) is 3.67. The molecule has 162 valence electrons. The van der Waals surface area contributed by atoms with Gasteiger partial charge in [0.2, 0.25) is 0 Å². The number of aromatic nitrogens is 2. The Balaban J connectivity index is 1.54. The molecule has 0 bridgehead atoms. The fraction of sp³-hybridized carbons (Fsp3) is 0.364. The molecule has 1 N–H and O–H groups in total. The highest BCUT2D eigenvalue weighted by molar-refractivity contribution is 6.42. The minimum absolute atomic E-state index is 0.121. The molecule has 1 fully saturated rings. The molecule has 3 heterocycles. The van der Waals surface area contributed by atoms with Gasteiger partial charge in [0.25, 0.3) is 0 Å². The van der Waals surface area contributed by atoms with Crippen molar-refractivity contribution in [1.82, 2.24) is 14.9 Å². The van der Waals surface area contributed by atoms with Crippen LogP contribution in [0.5, 0.6) is 5.75 Å². The molecule has 0 atom stereocenters. The first-order valence-electron chi connectivity index (χ1n) is 10.3. The number of likely N-dealkylation sites (tertiary alicyclic amines) is 1. The van der Waals surface area contributed by atoms with Gasteiger partial charge in [0.1, 0.15) is 24.5 Å². The smallest absolute Gasteiger partial charge is 0.166 e. The van der Waals surface area contributed by atoms with Crippen molar-refractivity contribution in [3.63, 3.8) is 0 Å². The minimum Gasteiger partial charge on any atom is -0.489 e. The number of hydrogen-bond acceptors (Lipinski definition) is 6. The van der Waals surface area contributed by atoms with E-state index in [4.69, 9.17) is 27.9 Å². The molecule has 2 aliphatic rings. The number of piperidine rings is 1. The van der Waals surface area contributed by atoms with Gasteiger partial charge in [-0.05, 0) is 51.2 Å².